The fourth-order valence-corrected chi connectivity index (χ4v) is 3.00. The second kappa shape index (κ2) is 7.64. The number of para-hydroxylation sites is 1. The molecule has 1 aromatic rings. The monoisotopic (exact) mass is 340 g/mol. The maximum atomic E-state index is 12.3. The first kappa shape index (κ1) is 15.3. The molecule has 4 nitrogen and oxygen atoms in total. The van der Waals surface area contributed by atoms with Gasteiger partial charge in [-0.15, -0.1) is 0 Å². The van der Waals surface area contributed by atoms with Crippen LogP contribution in [-0.2, 0) is 11.2 Å². The molecule has 1 saturated heterocycles. The summed E-state index contributed by atoms with van der Waals surface area (Å²) in [5.74, 6) is 0.309. The van der Waals surface area contributed by atoms with Gasteiger partial charge >= 0.3 is 0 Å². The van der Waals surface area contributed by atoms with E-state index in [1.165, 1.54) is 0 Å². The molecule has 0 radical (unpaired) electrons. The van der Waals surface area contributed by atoms with Crippen LogP contribution < -0.4 is 0 Å². The van der Waals surface area contributed by atoms with Crippen molar-refractivity contribution in [1.82, 2.24) is 9.80 Å². The number of phenolic OH excluding ortho intramolecular Hbond substituents is 1. The Hall–Kier alpha value is -1.07. The number of carbonyl (C=O) groups excluding carboxylic acids is 1. The fourth-order valence-electron chi connectivity index (χ4n) is 2.50. The van der Waals surface area contributed by atoms with Crippen molar-refractivity contribution in [3.05, 3.63) is 29.8 Å². The van der Waals surface area contributed by atoms with Gasteiger partial charge in [0.25, 0.3) is 0 Å². The Morgan fingerprint density at radius 1 is 1.20 bits per heavy atom. The molecule has 0 aliphatic carbocycles. The summed E-state index contributed by atoms with van der Waals surface area (Å²) in [5, 5.41) is 10.7. The highest BCUT2D eigenvalue weighted by atomic mass is 79.9. The normalized spacial score (nSPS) is 16.9. The minimum atomic E-state index is 0.104. The molecular weight excluding hydrogens is 320 g/mol. The summed E-state index contributed by atoms with van der Waals surface area (Å²) in [7, 11) is 0. The van der Waals surface area contributed by atoms with Gasteiger partial charge in [-0.1, -0.05) is 34.1 Å². The van der Waals surface area contributed by atoms with Gasteiger partial charge in [-0.25, -0.2) is 0 Å². The lowest BCUT2D eigenvalue weighted by molar-refractivity contribution is -0.130. The first-order valence-corrected chi connectivity index (χ1v) is 8.16. The van der Waals surface area contributed by atoms with E-state index in [2.05, 4.69) is 20.8 Å². The smallest absolute Gasteiger partial charge is 0.227 e. The molecule has 1 aliphatic rings. The van der Waals surface area contributed by atoms with Gasteiger partial charge in [0.2, 0.25) is 5.91 Å². The maximum Gasteiger partial charge on any atom is 0.227 e. The third-order valence-corrected chi connectivity index (χ3v) is 4.03. The molecule has 110 valence electrons. The van der Waals surface area contributed by atoms with E-state index in [0.717, 1.165) is 44.5 Å². The fraction of sp³-hybridized carbons (Fsp3) is 0.533. The van der Waals surface area contributed by atoms with Crippen LogP contribution in [0, 0.1) is 0 Å². The zero-order valence-electron chi connectivity index (χ0n) is 11.6. The van der Waals surface area contributed by atoms with E-state index in [1.807, 2.05) is 17.0 Å². The number of halogens is 1. The molecule has 0 bridgehead atoms. The average molecular weight is 341 g/mol. The number of rotatable bonds is 4. The zero-order chi connectivity index (χ0) is 14.4. The molecule has 0 saturated carbocycles. The lowest BCUT2D eigenvalue weighted by atomic mass is 10.1. The quantitative estimate of drug-likeness (QED) is 0.851. The molecule has 5 heteroatoms. The van der Waals surface area contributed by atoms with Gasteiger partial charge in [-0.3, -0.25) is 4.79 Å². The summed E-state index contributed by atoms with van der Waals surface area (Å²) < 4.78 is 0. The van der Waals surface area contributed by atoms with Crippen LogP contribution in [-0.4, -0.2) is 58.9 Å². The number of hydrogen-bond donors (Lipinski definition) is 1. The minimum Gasteiger partial charge on any atom is -0.508 e. The maximum absolute atomic E-state index is 12.3. The van der Waals surface area contributed by atoms with Crippen molar-refractivity contribution in [2.24, 2.45) is 0 Å². The predicted molar refractivity (Wildman–Crippen MR) is 83.2 cm³/mol. The van der Waals surface area contributed by atoms with E-state index in [0.29, 0.717) is 5.56 Å². The molecule has 1 heterocycles. The average Bonchev–Trinajstić information content (AvgIpc) is 2.67. The van der Waals surface area contributed by atoms with Crippen LogP contribution in [0.25, 0.3) is 0 Å². The number of benzene rings is 1. The van der Waals surface area contributed by atoms with E-state index in [-0.39, 0.29) is 18.1 Å². The number of phenols is 1. The van der Waals surface area contributed by atoms with Gasteiger partial charge in [0.15, 0.2) is 0 Å². The Balaban J connectivity index is 1.91. The van der Waals surface area contributed by atoms with Gasteiger partial charge in [-0.05, 0) is 19.0 Å². The first-order valence-electron chi connectivity index (χ1n) is 7.03. The second-order valence-corrected chi connectivity index (χ2v) is 5.86. The summed E-state index contributed by atoms with van der Waals surface area (Å²) in [6, 6.07) is 7.06. The first-order chi connectivity index (χ1) is 9.70. The third-order valence-electron chi connectivity index (χ3n) is 3.68. The van der Waals surface area contributed by atoms with Crippen molar-refractivity contribution in [2.75, 3.05) is 38.1 Å². The van der Waals surface area contributed by atoms with Crippen molar-refractivity contribution in [3.8, 4) is 5.75 Å². The van der Waals surface area contributed by atoms with Gasteiger partial charge < -0.3 is 14.9 Å². The SMILES string of the molecule is O=C(Cc1ccccc1O)N1CCCN(CCBr)CC1. The molecule has 0 aromatic heterocycles. The predicted octanol–water partition coefficient (Wildman–Crippen LogP) is 1.86. The summed E-state index contributed by atoms with van der Waals surface area (Å²) in [5.41, 5.74) is 0.707. The van der Waals surface area contributed by atoms with Crippen LogP contribution in [0.4, 0.5) is 0 Å². The van der Waals surface area contributed by atoms with Crippen molar-refractivity contribution in [3.63, 3.8) is 0 Å². The van der Waals surface area contributed by atoms with Gasteiger partial charge in [-0.2, -0.15) is 0 Å². The van der Waals surface area contributed by atoms with Crippen LogP contribution in [0.15, 0.2) is 24.3 Å². The molecule has 1 fully saturated rings. The lowest BCUT2D eigenvalue weighted by Crippen LogP contribution is -2.36. The van der Waals surface area contributed by atoms with Crippen molar-refractivity contribution in [2.45, 2.75) is 12.8 Å². The van der Waals surface area contributed by atoms with Crippen molar-refractivity contribution in [1.29, 1.82) is 0 Å². The van der Waals surface area contributed by atoms with Gasteiger partial charge in [0.05, 0.1) is 6.42 Å². The van der Waals surface area contributed by atoms with Crippen molar-refractivity contribution < 1.29 is 9.90 Å². The van der Waals surface area contributed by atoms with Crippen LogP contribution in [0.1, 0.15) is 12.0 Å². The summed E-state index contributed by atoms with van der Waals surface area (Å²) >= 11 is 3.46. The van der Waals surface area contributed by atoms with E-state index in [1.54, 1.807) is 12.1 Å². The Bertz CT molecular complexity index is 453. The molecule has 2 rings (SSSR count). The molecule has 1 aliphatic heterocycles. The van der Waals surface area contributed by atoms with E-state index < -0.39 is 0 Å². The number of hydrogen-bond acceptors (Lipinski definition) is 3. The highest BCUT2D eigenvalue weighted by molar-refractivity contribution is 9.09. The van der Waals surface area contributed by atoms with E-state index in [4.69, 9.17) is 0 Å². The zero-order valence-corrected chi connectivity index (χ0v) is 13.2. The Labute approximate surface area is 128 Å². The van der Waals surface area contributed by atoms with Crippen LogP contribution in [0.3, 0.4) is 0 Å². The molecule has 1 N–H and O–H groups in total. The van der Waals surface area contributed by atoms with E-state index in [9.17, 15) is 9.90 Å². The highest BCUT2D eigenvalue weighted by Gasteiger charge is 2.19. The largest absolute Gasteiger partial charge is 0.508 e. The Kier molecular flexibility index (Phi) is 5.86. The molecule has 0 atom stereocenters. The number of alkyl halides is 1. The third kappa shape index (κ3) is 4.21. The number of amides is 1. The topological polar surface area (TPSA) is 43.8 Å². The minimum absolute atomic E-state index is 0.104. The van der Waals surface area contributed by atoms with Crippen LogP contribution >= 0.6 is 15.9 Å². The second-order valence-electron chi connectivity index (χ2n) is 5.07. The van der Waals surface area contributed by atoms with Crippen LogP contribution in [0.5, 0.6) is 5.75 Å². The number of aromatic hydroxyl groups is 1. The number of carbonyl (C=O) groups is 1. The van der Waals surface area contributed by atoms with Crippen molar-refractivity contribution >= 4 is 21.8 Å². The molecule has 20 heavy (non-hydrogen) atoms. The lowest BCUT2D eigenvalue weighted by Gasteiger charge is -2.21. The van der Waals surface area contributed by atoms with Gasteiger partial charge in [0.1, 0.15) is 5.75 Å². The van der Waals surface area contributed by atoms with Gasteiger partial charge in [0, 0.05) is 37.1 Å². The molecule has 1 aromatic carbocycles. The molecule has 1 amide bonds. The molecule has 0 spiro atoms. The Morgan fingerprint density at radius 3 is 2.75 bits per heavy atom. The van der Waals surface area contributed by atoms with E-state index >= 15 is 0 Å². The summed E-state index contributed by atoms with van der Waals surface area (Å²) in [6.07, 6.45) is 1.30. The standard InChI is InChI=1S/C15H21BrN2O2/c16-6-9-17-7-3-8-18(11-10-17)15(20)12-13-4-1-2-5-14(13)19/h1-2,4-5,19H,3,6-12H2. The summed E-state index contributed by atoms with van der Waals surface area (Å²) in [4.78, 5) is 16.6. The highest BCUT2D eigenvalue weighted by Crippen LogP contribution is 2.17. The molecular formula is C15H21BrN2O2. The summed E-state index contributed by atoms with van der Waals surface area (Å²) in [6.45, 7) is 4.59. The van der Waals surface area contributed by atoms with Crippen LogP contribution in [0.2, 0.25) is 0 Å². The molecule has 0 unspecified atom stereocenters. The number of nitrogens with zero attached hydrogens (tertiary/aromatic N) is 2. The Morgan fingerprint density at radius 2 is 2.00 bits per heavy atom.